The maximum Gasteiger partial charge on any atom is 0.253 e. The summed E-state index contributed by atoms with van der Waals surface area (Å²) in [5.41, 5.74) is 1.01. The molecule has 1 amide bonds. The highest BCUT2D eigenvalue weighted by Gasteiger charge is 2.23. The van der Waals surface area contributed by atoms with Crippen molar-refractivity contribution >= 4 is 21.8 Å². The van der Waals surface area contributed by atoms with Crippen LogP contribution < -0.4 is 0 Å². The first-order chi connectivity index (χ1) is 11.5. The third-order valence-electron chi connectivity index (χ3n) is 4.18. The highest BCUT2D eigenvalue weighted by molar-refractivity contribution is 9.10. The van der Waals surface area contributed by atoms with Crippen LogP contribution in [-0.2, 0) is 6.54 Å². The molecule has 1 fully saturated rings. The van der Waals surface area contributed by atoms with E-state index in [1.54, 1.807) is 23.1 Å². The molecule has 0 spiro atoms. The van der Waals surface area contributed by atoms with Gasteiger partial charge in [0.1, 0.15) is 0 Å². The Morgan fingerprint density at radius 3 is 2.33 bits per heavy atom. The van der Waals surface area contributed by atoms with Gasteiger partial charge in [-0.05, 0) is 30.3 Å². The first-order valence-electron chi connectivity index (χ1n) is 7.74. The average molecular weight is 395 g/mol. The van der Waals surface area contributed by atoms with E-state index in [-0.39, 0.29) is 5.91 Å². The molecular formula is C18H17BrF2N2O. The molecule has 0 atom stereocenters. The van der Waals surface area contributed by atoms with E-state index in [0.717, 1.165) is 10.5 Å². The normalized spacial score (nSPS) is 15.5. The summed E-state index contributed by atoms with van der Waals surface area (Å²) in [4.78, 5) is 16.3. The van der Waals surface area contributed by atoms with E-state index < -0.39 is 11.6 Å². The van der Waals surface area contributed by atoms with Crippen LogP contribution in [0.25, 0.3) is 0 Å². The third-order valence-corrected chi connectivity index (χ3v) is 4.70. The number of nitrogens with zero attached hydrogens (tertiary/aromatic N) is 2. The standard InChI is InChI=1S/C18H17BrF2N2O/c19-15-6-4-13(5-7-15)18(24)23-10-8-22(9-11-23)12-14-2-1-3-16(20)17(14)21/h1-7H,8-12H2. The third kappa shape index (κ3) is 3.82. The Hall–Kier alpha value is -1.79. The number of hydrogen-bond acceptors (Lipinski definition) is 2. The number of piperazine rings is 1. The van der Waals surface area contributed by atoms with Crippen molar-refractivity contribution in [2.45, 2.75) is 6.54 Å². The fourth-order valence-corrected chi connectivity index (χ4v) is 3.06. The number of rotatable bonds is 3. The van der Waals surface area contributed by atoms with Crippen molar-refractivity contribution in [3.05, 3.63) is 69.7 Å². The SMILES string of the molecule is O=C(c1ccc(Br)cc1)N1CCN(Cc2cccc(F)c2F)CC1. The minimum atomic E-state index is -0.823. The van der Waals surface area contributed by atoms with Gasteiger partial charge in [-0.15, -0.1) is 0 Å². The first kappa shape index (κ1) is 17.0. The number of carbonyl (C=O) groups is 1. The minimum absolute atomic E-state index is 0.000846. The summed E-state index contributed by atoms with van der Waals surface area (Å²) in [5.74, 6) is -1.61. The van der Waals surface area contributed by atoms with E-state index >= 15 is 0 Å². The largest absolute Gasteiger partial charge is 0.336 e. The Balaban J connectivity index is 1.58. The molecule has 3 rings (SSSR count). The predicted molar refractivity (Wildman–Crippen MR) is 91.7 cm³/mol. The molecule has 0 aromatic heterocycles. The van der Waals surface area contributed by atoms with Crippen LogP contribution in [-0.4, -0.2) is 41.9 Å². The Bertz CT molecular complexity index is 728. The Kier molecular flexibility index (Phi) is 5.26. The van der Waals surface area contributed by atoms with Gasteiger partial charge in [-0.25, -0.2) is 8.78 Å². The summed E-state index contributed by atoms with van der Waals surface area (Å²) in [7, 11) is 0. The smallest absolute Gasteiger partial charge is 0.253 e. The molecule has 1 heterocycles. The van der Waals surface area contributed by atoms with Crippen LogP contribution in [0.1, 0.15) is 15.9 Å². The fourth-order valence-electron chi connectivity index (χ4n) is 2.80. The lowest BCUT2D eigenvalue weighted by atomic mass is 10.1. The van der Waals surface area contributed by atoms with Crippen molar-refractivity contribution < 1.29 is 13.6 Å². The molecule has 24 heavy (non-hydrogen) atoms. The van der Waals surface area contributed by atoms with Crippen molar-refractivity contribution in [3.8, 4) is 0 Å². The first-order valence-corrected chi connectivity index (χ1v) is 8.54. The molecule has 2 aromatic carbocycles. The summed E-state index contributed by atoms with van der Waals surface area (Å²) < 4.78 is 27.9. The van der Waals surface area contributed by atoms with Gasteiger partial charge in [-0.3, -0.25) is 9.69 Å². The molecular weight excluding hydrogens is 378 g/mol. The van der Waals surface area contributed by atoms with Crippen LogP contribution in [0, 0.1) is 11.6 Å². The number of hydrogen-bond donors (Lipinski definition) is 0. The van der Waals surface area contributed by atoms with Gasteiger partial charge in [-0.2, -0.15) is 0 Å². The van der Waals surface area contributed by atoms with Crippen LogP contribution in [0.15, 0.2) is 46.9 Å². The van der Waals surface area contributed by atoms with Gasteiger partial charge in [0.05, 0.1) is 0 Å². The maximum atomic E-state index is 13.7. The van der Waals surface area contributed by atoms with Gasteiger partial charge in [-0.1, -0.05) is 28.1 Å². The van der Waals surface area contributed by atoms with Gasteiger partial charge >= 0.3 is 0 Å². The summed E-state index contributed by atoms with van der Waals surface area (Å²) in [6.45, 7) is 2.78. The molecule has 1 aliphatic heterocycles. The quantitative estimate of drug-likeness (QED) is 0.792. The van der Waals surface area contributed by atoms with Crippen LogP contribution in [0.4, 0.5) is 8.78 Å². The summed E-state index contributed by atoms with van der Waals surface area (Å²) in [5, 5.41) is 0. The number of halogens is 3. The average Bonchev–Trinajstić information content (AvgIpc) is 2.60. The van der Waals surface area contributed by atoms with Gasteiger partial charge in [0.25, 0.3) is 5.91 Å². The van der Waals surface area contributed by atoms with Crippen LogP contribution in [0.3, 0.4) is 0 Å². The zero-order valence-electron chi connectivity index (χ0n) is 13.0. The number of carbonyl (C=O) groups excluding carboxylic acids is 1. The van der Waals surface area contributed by atoms with Crippen molar-refractivity contribution in [2.24, 2.45) is 0 Å². The molecule has 3 nitrogen and oxygen atoms in total. The van der Waals surface area contributed by atoms with Crippen molar-refractivity contribution in [3.63, 3.8) is 0 Å². The monoisotopic (exact) mass is 394 g/mol. The lowest BCUT2D eigenvalue weighted by Gasteiger charge is -2.34. The van der Waals surface area contributed by atoms with Gasteiger partial charge < -0.3 is 4.90 Å². The molecule has 1 saturated heterocycles. The van der Waals surface area contributed by atoms with Crippen molar-refractivity contribution in [1.82, 2.24) is 9.80 Å². The summed E-state index contributed by atoms with van der Waals surface area (Å²) >= 11 is 3.35. The van der Waals surface area contributed by atoms with E-state index in [4.69, 9.17) is 0 Å². The zero-order chi connectivity index (χ0) is 17.1. The predicted octanol–water partition coefficient (Wildman–Crippen LogP) is 3.69. The van der Waals surface area contributed by atoms with Crippen molar-refractivity contribution in [2.75, 3.05) is 26.2 Å². The number of amides is 1. The highest BCUT2D eigenvalue weighted by Crippen LogP contribution is 2.17. The molecule has 0 saturated carbocycles. The topological polar surface area (TPSA) is 23.6 Å². The van der Waals surface area contributed by atoms with E-state index in [2.05, 4.69) is 15.9 Å². The number of benzene rings is 2. The second-order valence-corrected chi connectivity index (χ2v) is 6.70. The molecule has 1 aliphatic rings. The van der Waals surface area contributed by atoms with Crippen LogP contribution >= 0.6 is 15.9 Å². The van der Waals surface area contributed by atoms with E-state index in [0.29, 0.717) is 43.9 Å². The second kappa shape index (κ2) is 7.40. The zero-order valence-corrected chi connectivity index (χ0v) is 14.6. The maximum absolute atomic E-state index is 13.7. The molecule has 0 aliphatic carbocycles. The Morgan fingerprint density at radius 1 is 1.00 bits per heavy atom. The second-order valence-electron chi connectivity index (χ2n) is 5.79. The molecule has 0 N–H and O–H groups in total. The van der Waals surface area contributed by atoms with E-state index in [9.17, 15) is 13.6 Å². The Labute approximate surface area is 148 Å². The van der Waals surface area contributed by atoms with Gasteiger partial charge in [0.2, 0.25) is 0 Å². The van der Waals surface area contributed by atoms with E-state index in [1.165, 1.54) is 6.07 Å². The highest BCUT2D eigenvalue weighted by atomic mass is 79.9. The molecule has 0 bridgehead atoms. The molecule has 2 aromatic rings. The molecule has 126 valence electrons. The lowest BCUT2D eigenvalue weighted by Crippen LogP contribution is -2.48. The Morgan fingerprint density at radius 2 is 1.67 bits per heavy atom. The van der Waals surface area contributed by atoms with Gasteiger partial charge in [0.15, 0.2) is 11.6 Å². The fraction of sp³-hybridized carbons (Fsp3) is 0.278. The van der Waals surface area contributed by atoms with Crippen LogP contribution in [0.5, 0.6) is 0 Å². The van der Waals surface area contributed by atoms with Crippen LogP contribution in [0.2, 0.25) is 0 Å². The molecule has 0 unspecified atom stereocenters. The van der Waals surface area contributed by atoms with Crippen molar-refractivity contribution in [1.29, 1.82) is 0 Å². The van der Waals surface area contributed by atoms with Gasteiger partial charge in [0, 0.05) is 48.3 Å². The van der Waals surface area contributed by atoms with E-state index in [1.807, 2.05) is 17.0 Å². The summed E-state index contributed by atoms with van der Waals surface area (Å²) in [6, 6.07) is 11.5. The lowest BCUT2D eigenvalue weighted by molar-refractivity contribution is 0.0627. The minimum Gasteiger partial charge on any atom is -0.336 e. The molecule has 0 radical (unpaired) electrons. The summed E-state index contributed by atoms with van der Waals surface area (Å²) in [6.07, 6.45) is 0. The molecule has 6 heteroatoms.